The molecule has 0 N–H and O–H groups in total. The first-order chi connectivity index (χ1) is 10.4. The number of nitrogens with zero attached hydrogens (tertiary/aromatic N) is 3. The molecule has 0 aliphatic heterocycles. The molecule has 22 heavy (non-hydrogen) atoms. The molecule has 9 heteroatoms. The second kappa shape index (κ2) is 6.50. The lowest BCUT2D eigenvalue weighted by Gasteiger charge is -1.99. The van der Waals surface area contributed by atoms with Crippen LogP contribution in [0.4, 0.5) is 17.1 Å². The summed E-state index contributed by atoms with van der Waals surface area (Å²) in [5.74, 6) is 0. The van der Waals surface area contributed by atoms with Gasteiger partial charge in [0.15, 0.2) is 0 Å². The number of hydrogen-bond acceptors (Lipinski definition) is 5. The number of rotatable bonds is 4. The van der Waals surface area contributed by atoms with Gasteiger partial charge in [0.25, 0.3) is 11.4 Å². The van der Waals surface area contributed by atoms with E-state index in [0.29, 0.717) is 5.56 Å². The first-order valence-corrected chi connectivity index (χ1v) is 6.56. The van der Waals surface area contributed by atoms with Gasteiger partial charge in [0.2, 0.25) is 0 Å². The highest BCUT2D eigenvalue weighted by Crippen LogP contribution is 2.29. The van der Waals surface area contributed by atoms with Crippen LogP contribution in [0.25, 0.3) is 0 Å². The number of nitro benzene ring substituents is 2. The Kier molecular flexibility index (Phi) is 4.69. The van der Waals surface area contributed by atoms with Crippen molar-refractivity contribution in [3.8, 4) is 0 Å². The normalized spacial score (nSPS) is 10.8. The van der Waals surface area contributed by atoms with Crippen LogP contribution in [0.5, 0.6) is 0 Å². The highest BCUT2D eigenvalue weighted by molar-refractivity contribution is 6.33. The molecule has 0 aliphatic carbocycles. The summed E-state index contributed by atoms with van der Waals surface area (Å²) < 4.78 is 0. The van der Waals surface area contributed by atoms with Crippen molar-refractivity contribution in [3.63, 3.8) is 0 Å². The summed E-state index contributed by atoms with van der Waals surface area (Å²) >= 11 is 11.6. The van der Waals surface area contributed by atoms with Gasteiger partial charge in [-0.05, 0) is 18.2 Å². The van der Waals surface area contributed by atoms with Gasteiger partial charge in [-0.15, -0.1) is 0 Å². The fourth-order valence-corrected chi connectivity index (χ4v) is 1.96. The van der Waals surface area contributed by atoms with Crippen molar-refractivity contribution in [2.45, 2.75) is 0 Å². The molecule has 112 valence electrons. The van der Waals surface area contributed by atoms with Crippen molar-refractivity contribution in [3.05, 3.63) is 72.2 Å². The predicted octanol–water partition coefficient (Wildman–Crippen LogP) is 4.56. The molecule has 0 radical (unpaired) electrons. The Morgan fingerprint density at radius 2 is 1.64 bits per heavy atom. The van der Waals surface area contributed by atoms with E-state index < -0.39 is 9.85 Å². The number of benzene rings is 2. The van der Waals surface area contributed by atoms with E-state index in [9.17, 15) is 20.2 Å². The predicted molar refractivity (Wildman–Crippen MR) is 83.5 cm³/mol. The van der Waals surface area contributed by atoms with E-state index in [2.05, 4.69) is 4.99 Å². The zero-order valence-corrected chi connectivity index (χ0v) is 12.3. The van der Waals surface area contributed by atoms with Crippen molar-refractivity contribution >= 4 is 46.5 Å². The zero-order valence-electron chi connectivity index (χ0n) is 10.8. The van der Waals surface area contributed by atoms with Crippen LogP contribution in [-0.2, 0) is 0 Å². The number of hydrogen-bond donors (Lipinski definition) is 0. The first-order valence-electron chi connectivity index (χ1n) is 5.80. The van der Waals surface area contributed by atoms with Gasteiger partial charge in [-0.2, -0.15) is 0 Å². The highest BCUT2D eigenvalue weighted by Gasteiger charge is 2.12. The Morgan fingerprint density at radius 1 is 0.955 bits per heavy atom. The summed E-state index contributed by atoms with van der Waals surface area (Å²) in [6.45, 7) is 0. The average molecular weight is 340 g/mol. The smallest absolute Gasteiger partial charge is 0.258 e. The number of halogens is 2. The fourth-order valence-electron chi connectivity index (χ4n) is 1.61. The molecule has 0 spiro atoms. The molecule has 2 aromatic carbocycles. The van der Waals surface area contributed by atoms with Crippen molar-refractivity contribution < 1.29 is 9.85 Å². The van der Waals surface area contributed by atoms with Gasteiger partial charge in [-0.3, -0.25) is 25.2 Å². The maximum atomic E-state index is 10.8. The van der Waals surface area contributed by atoms with Gasteiger partial charge in [0, 0.05) is 35.0 Å². The molecule has 0 aromatic heterocycles. The Bertz CT molecular complexity index is 793. The molecule has 0 saturated carbocycles. The lowest BCUT2D eigenvalue weighted by atomic mass is 10.2. The van der Waals surface area contributed by atoms with E-state index in [0.717, 1.165) is 0 Å². The molecule has 0 heterocycles. The lowest BCUT2D eigenvalue weighted by molar-refractivity contribution is -0.385. The lowest BCUT2D eigenvalue weighted by Crippen LogP contribution is -1.91. The van der Waals surface area contributed by atoms with Crippen LogP contribution < -0.4 is 0 Å². The Balaban J connectivity index is 2.36. The Morgan fingerprint density at radius 3 is 2.27 bits per heavy atom. The van der Waals surface area contributed by atoms with E-state index >= 15 is 0 Å². The molecule has 0 aliphatic rings. The van der Waals surface area contributed by atoms with Crippen molar-refractivity contribution in [1.82, 2.24) is 0 Å². The standard InChI is InChI=1S/C13H7Cl2N3O4/c14-11-4-2-10(17(19)20)5-8(11)7-16-9-1-3-12(15)13(6-9)18(21)22/h1-7H. The van der Waals surface area contributed by atoms with E-state index in [1.54, 1.807) is 0 Å². The van der Waals surface area contributed by atoms with Crippen LogP contribution in [0.3, 0.4) is 0 Å². The molecule has 7 nitrogen and oxygen atoms in total. The summed E-state index contributed by atoms with van der Waals surface area (Å²) in [5.41, 5.74) is 0.196. The molecule has 0 unspecified atom stereocenters. The van der Waals surface area contributed by atoms with Crippen molar-refractivity contribution in [2.24, 2.45) is 4.99 Å². The minimum atomic E-state index is -0.623. The van der Waals surface area contributed by atoms with Gasteiger partial charge < -0.3 is 0 Å². The van der Waals surface area contributed by atoms with E-state index in [1.807, 2.05) is 0 Å². The first kappa shape index (κ1) is 15.9. The maximum absolute atomic E-state index is 10.8. The van der Waals surface area contributed by atoms with Gasteiger partial charge in [0.05, 0.1) is 15.5 Å². The van der Waals surface area contributed by atoms with Crippen LogP contribution in [0.2, 0.25) is 10.0 Å². The maximum Gasteiger partial charge on any atom is 0.290 e. The van der Waals surface area contributed by atoms with Crippen LogP contribution >= 0.6 is 23.2 Å². The number of nitro groups is 2. The van der Waals surface area contributed by atoms with E-state index in [1.165, 1.54) is 42.6 Å². The fraction of sp³-hybridized carbons (Fsp3) is 0. The highest BCUT2D eigenvalue weighted by atomic mass is 35.5. The third-order valence-corrected chi connectivity index (χ3v) is 3.33. The molecule has 0 saturated heterocycles. The van der Waals surface area contributed by atoms with Gasteiger partial charge in [-0.25, -0.2) is 0 Å². The van der Waals surface area contributed by atoms with E-state index in [4.69, 9.17) is 23.2 Å². The van der Waals surface area contributed by atoms with Crippen molar-refractivity contribution in [1.29, 1.82) is 0 Å². The van der Waals surface area contributed by atoms with Gasteiger partial charge in [0.1, 0.15) is 5.02 Å². The summed E-state index contributed by atoms with van der Waals surface area (Å²) in [4.78, 5) is 24.4. The quantitative estimate of drug-likeness (QED) is 0.463. The third kappa shape index (κ3) is 3.57. The molecule has 2 rings (SSSR count). The Labute approximate surface area is 134 Å². The minimum absolute atomic E-state index is 0.00247. The molecular formula is C13H7Cl2N3O4. The van der Waals surface area contributed by atoms with Gasteiger partial charge >= 0.3 is 0 Å². The van der Waals surface area contributed by atoms with Crippen LogP contribution in [-0.4, -0.2) is 16.1 Å². The Hall–Kier alpha value is -2.51. The van der Waals surface area contributed by atoms with Crippen LogP contribution in [0, 0.1) is 20.2 Å². The summed E-state index contributed by atoms with van der Waals surface area (Å²) in [5, 5.41) is 21.8. The molecular weight excluding hydrogens is 333 g/mol. The van der Waals surface area contributed by atoms with Gasteiger partial charge in [-0.1, -0.05) is 23.2 Å². The average Bonchev–Trinajstić information content (AvgIpc) is 2.47. The zero-order chi connectivity index (χ0) is 16.3. The van der Waals surface area contributed by atoms with Crippen LogP contribution in [0.1, 0.15) is 5.56 Å². The second-order valence-electron chi connectivity index (χ2n) is 4.11. The topological polar surface area (TPSA) is 98.6 Å². The second-order valence-corrected chi connectivity index (χ2v) is 4.93. The molecule has 0 bridgehead atoms. The van der Waals surface area contributed by atoms with Crippen molar-refractivity contribution in [2.75, 3.05) is 0 Å². The third-order valence-electron chi connectivity index (χ3n) is 2.67. The SMILES string of the molecule is O=[N+]([O-])c1ccc(Cl)c(C=Nc2ccc(Cl)c([N+](=O)[O-])c2)c1. The minimum Gasteiger partial charge on any atom is -0.258 e. The summed E-state index contributed by atoms with van der Waals surface area (Å²) in [6, 6.07) is 7.94. The molecule has 0 fully saturated rings. The molecule has 2 aromatic rings. The molecule has 0 amide bonds. The summed E-state index contributed by atoms with van der Waals surface area (Å²) in [7, 11) is 0. The monoisotopic (exact) mass is 339 g/mol. The van der Waals surface area contributed by atoms with Crippen LogP contribution in [0.15, 0.2) is 41.4 Å². The largest absolute Gasteiger partial charge is 0.290 e. The number of aliphatic imine (C=N–C) groups is 1. The van der Waals surface area contributed by atoms with E-state index in [-0.39, 0.29) is 27.1 Å². The number of non-ortho nitro benzene ring substituents is 1. The molecule has 0 atom stereocenters. The summed E-state index contributed by atoms with van der Waals surface area (Å²) in [6.07, 6.45) is 1.29.